The van der Waals surface area contributed by atoms with Gasteiger partial charge in [-0.3, -0.25) is 6.08 Å². The van der Waals surface area contributed by atoms with E-state index in [9.17, 15) is 0 Å². The van der Waals surface area contributed by atoms with Crippen molar-refractivity contribution in [2.45, 2.75) is 80.1 Å². The summed E-state index contributed by atoms with van der Waals surface area (Å²) in [6.07, 6.45) is 10.5. The topological polar surface area (TPSA) is 0 Å². The van der Waals surface area contributed by atoms with Gasteiger partial charge in [0.15, 0.2) is 0 Å². The summed E-state index contributed by atoms with van der Waals surface area (Å²) >= 11 is 1.46. The van der Waals surface area contributed by atoms with Gasteiger partial charge in [0.25, 0.3) is 0 Å². The Kier molecular flexibility index (Phi) is 12.8. The van der Waals surface area contributed by atoms with E-state index in [0.717, 1.165) is 0 Å². The van der Waals surface area contributed by atoms with Crippen molar-refractivity contribution in [3.63, 3.8) is 0 Å². The molecular weight excluding hydrogens is 739 g/mol. The number of allylic oxidation sites excluding steroid dienone is 8. The number of halogens is 2. The van der Waals surface area contributed by atoms with Gasteiger partial charge in [-0.1, -0.05) is 103 Å². The number of hydrogen-bond acceptors (Lipinski definition) is 0. The normalized spacial score (nSPS) is 17.4. The number of fused-ring (bicyclic) bond motifs is 5. The summed E-state index contributed by atoms with van der Waals surface area (Å²) in [6, 6.07) is 33.2. The minimum atomic E-state index is 0. The quantitative estimate of drug-likeness (QED) is 0.175. The first-order valence-corrected chi connectivity index (χ1v) is 19.0. The van der Waals surface area contributed by atoms with Crippen molar-refractivity contribution in [1.29, 1.82) is 0 Å². The van der Waals surface area contributed by atoms with Gasteiger partial charge in [0, 0.05) is 10.8 Å². The van der Waals surface area contributed by atoms with E-state index in [4.69, 9.17) is 0 Å². The molecule has 3 heteroatoms. The molecule has 0 aromatic heterocycles. The Labute approximate surface area is 334 Å². The van der Waals surface area contributed by atoms with E-state index in [2.05, 4.69) is 185 Å². The zero-order valence-electron chi connectivity index (χ0n) is 31.8. The number of rotatable bonds is 3. The van der Waals surface area contributed by atoms with Crippen LogP contribution in [0.2, 0.25) is 0 Å². The van der Waals surface area contributed by atoms with Gasteiger partial charge >= 0.3 is 99.2 Å². The van der Waals surface area contributed by atoms with E-state index in [1.54, 1.807) is 0 Å². The van der Waals surface area contributed by atoms with Gasteiger partial charge in [0.2, 0.25) is 0 Å². The molecular formula is C48H50Cl2Zr-2. The van der Waals surface area contributed by atoms with Crippen LogP contribution < -0.4 is 24.8 Å². The van der Waals surface area contributed by atoms with Crippen molar-refractivity contribution in [2.24, 2.45) is 11.8 Å². The van der Waals surface area contributed by atoms with Crippen molar-refractivity contribution in [2.75, 3.05) is 0 Å². The van der Waals surface area contributed by atoms with Crippen LogP contribution in [-0.4, -0.2) is 3.21 Å². The van der Waals surface area contributed by atoms with Gasteiger partial charge < -0.3 is 24.8 Å². The molecule has 3 aliphatic carbocycles. The van der Waals surface area contributed by atoms with Crippen LogP contribution in [0.1, 0.15) is 103 Å². The molecule has 5 aromatic carbocycles. The van der Waals surface area contributed by atoms with Crippen molar-refractivity contribution in [1.82, 2.24) is 0 Å². The molecule has 0 nitrogen and oxygen atoms in total. The fourth-order valence-corrected chi connectivity index (χ4v) is 8.90. The molecule has 0 aliphatic heterocycles. The zero-order valence-corrected chi connectivity index (χ0v) is 35.8. The molecule has 5 aromatic rings. The van der Waals surface area contributed by atoms with Gasteiger partial charge in [0.05, 0.1) is 0 Å². The molecule has 0 saturated heterocycles. The van der Waals surface area contributed by atoms with Crippen LogP contribution in [0.15, 0.2) is 120 Å². The second-order valence-electron chi connectivity index (χ2n) is 15.7. The molecule has 51 heavy (non-hydrogen) atoms. The minimum absolute atomic E-state index is 0. The molecule has 262 valence electrons. The van der Waals surface area contributed by atoms with E-state index in [1.165, 1.54) is 105 Å². The molecule has 0 heterocycles. The van der Waals surface area contributed by atoms with Crippen LogP contribution in [-0.2, 0) is 35.1 Å². The Hall–Kier alpha value is -2.96. The van der Waals surface area contributed by atoms with Gasteiger partial charge in [-0.05, 0) is 36.1 Å². The van der Waals surface area contributed by atoms with E-state index >= 15 is 0 Å². The first-order chi connectivity index (χ1) is 23.2. The first-order valence-electron chi connectivity index (χ1n) is 17.8. The summed E-state index contributed by atoms with van der Waals surface area (Å²) in [5, 5.41) is 5.57. The Morgan fingerprint density at radius 3 is 1.43 bits per heavy atom. The van der Waals surface area contributed by atoms with E-state index < -0.39 is 0 Å². The third kappa shape index (κ3) is 8.33. The standard InChI is InChI=1S/C25H25.C13H10.C10H15.2ClH.Zr/c1-14-12-24(3,4)22-8-16-7-17-9-23-19(15(2)13-25(23,5)6)11-21(17)20(16)10-18(14)22;1-3-7-12(8-4-1)11-13-9-5-2-6-10-13;1-7(2)10-6-8(3)5-9(10)4;;;/h7-13H,1-6H3;1-10H;6-8H,1-4H3;2*1H;/q-1;;-1;;;+2/p-2. The summed E-state index contributed by atoms with van der Waals surface area (Å²) in [5.41, 5.74) is 14.4. The molecule has 0 N–H and O–H groups in total. The van der Waals surface area contributed by atoms with Gasteiger partial charge in [-0.25, -0.2) is 5.57 Å². The Morgan fingerprint density at radius 2 is 1.10 bits per heavy atom. The Morgan fingerprint density at radius 1 is 0.686 bits per heavy atom. The summed E-state index contributed by atoms with van der Waals surface area (Å²) in [7, 11) is 0. The first kappa shape index (κ1) is 40.8. The summed E-state index contributed by atoms with van der Waals surface area (Å²) in [5.74, 6) is 1.20. The molecule has 8 rings (SSSR count). The fraction of sp³-hybridized carbons (Fsp3) is 0.292. The SMILES string of the molecule is CC1=CC(C)(C)c2cc3[cH-]c4cc5c(cc4c3cc21)C(C)=CC5(C)C.CC1=[C-]C(C)C=C1C(C)C.[Cl-].[Cl-].[Zr+2]=[C](c1ccccc1)c1ccccc1. The third-order valence-electron chi connectivity index (χ3n) is 10.4. The van der Waals surface area contributed by atoms with Gasteiger partial charge in [0.1, 0.15) is 0 Å². The summed E-state index contributed by atoms with van der Waals surface area (Å²) in [4.78, 5) is 0. The molecule has 0 fully saturated rings. The average Bonchev–Trinajstić information content (AvgIpc) is 3.74. The number of benzene rings is 4. The average molecular weight is 789 g/mol. The number of hydrogen-bond donors (Lipinski definition) is 0. The maximum absolute atomic E-state index is 3.37. The van der Waals surface area contributed by atoms with Crippen molar-refractivity contribution >= 4 is 35.9 Å². The van der Waals surface area contributed by atoms with E-state index in [1.807, 2.05) is 0 Å². The predicted molar refractivity (Wildman–Crippen MR) is 211 cm³/mol. The molecule has 1 atom stereocenters. The summed E-state index contributed by atoms with van der Waals surface area (Å²) < 4.78 is 1.42. The summed E-state index contributed by atoms with van der Waals surface area (Å²) in [6.45, 7) is 22.6. The molecule has 0 bridgehead atoms. The molecule has 3 aliphatic rings. The fourth-order valence-electron chi connectivity index (χ4n) is 8.08. The van der Waals surface area contributed by atoms with Crippen LogP contribution in [0.5, 0.6) is 0 Å². The second kappa shape index (κ2) is 16.0. The monoisotopic (exact) mass is 786 g/mol. The van der Waals surface area contributed by atoms with Gasteiger partial charge in [-0.15, -0.1) is 39.7 Å². The molecule has 0 saturated carbocycles. The van der Waals surface area contributed by atoms with E-state index in [-0.39, 0.29) is 35.6 Å². The van der Waals surface area contributed by atoms with Crippen molar-refractivity contribution in [3.8, 4) is 0 Å². The van der Waals surface area contributed by atoms with E-state index in [0.29, 0.717) is 11.8 Å². The second-order valence-corrected chi connectivity index (χ2v) is 16.9. The third-order valence-corrected chi connectivity index (χ3v) is 11.8. The molecule has 1 unspecified atom stereocenters. The van der Waals surface area contributed by atoms with Crippen LogP contribution in [0, 0.1) is 17.9 Å². The molecule has 0 amide bonds. The zero-order chi connectivity index (χ0) is 35.2. The van der Waals surface area contributed by atoms with Crippen LogP contribution in [0.25, 0.3) is 32.7 Å². The molecule has 0 radical (unpaired) electrons. The maximum atomic E-state index is 3.37. The Balaban J connectivity index is 0.000000191. The van der Waals surface area contributed by atoms with Crippen molar-refractivity contribution < 1.29 is 49.0 Å². The van der Waals surface area contributed by atoms with Crippen molar-refractivity contribution in [3.05, 3.63) is 160 Å². The van der Waals surface area contributed by atoms with Crippen LogP contribution >= 0.6 is 0 Å². The predicted octanol–water partition coefficient (Wildman–Crippen LogP) is 6.88. The van der Waals surface area contributed by atoms with Crippen LogP contribution in [0.4, 0.5) is 0 Å². The van der Waals surface area contributed by atoms with Crippen LogP contribution in [0.3, 0.4) is 0 Å². The Bertz CT molecular complexity index is 2050. The van der Waals surface area contributed by atoms with Gasteiger partial charge in [-0.2, -0.15) is 11.6 Å². The molecule has 0 spiro atoms.